The van der Waals surface area contributed by atoms with Gasteiger partial charge in [-0.3, -0.25) is 13.8 Å². The lowest BCUT2D eigenvalue weighted by molar-refractivity contribution is -0.870. The number of carbonyl (C=O) groups is 1. The number of hydrogen-bond acceptors (Lipinski definition) is 5. The zero-order valence-electron chi connectivity index (χ0n) is 35.3. The number of aliphatic hydroxyl groups excluding tert-OH is 1. The van der Waals surface area contributed by atoms with E-state index >= 15 is 0 Å². The fourth-order valence-electron chi connectivity index (χ4n) is 6.05. The van der Waals surface area contributed by atoms with Gasteiger partial charge in [-0.1, -0.05) is 159 Å². The molecule has 0 radical (unpaired) electrons. The summed E-state index contributed by atoms with van der Waals surface area (Å²) in [4.78, 5) is 23.1. The van der Waals surface area contributed by atoms with E-state index < -0.39 is 20.0 Å². The summed E-state index contributed by atoms with van der Waals surface area (Å²) in [7, 11) is 1.55. The van der Waals surface area contributed by atoms with Crippen molar-refractivity contribution < 1.29 is 32.9 Å². The van der Waals surface area contributed by atoms with E-state index in [4.69, 9.17) is 9.05 Å². The smallest absolute Gasteiger partial charge is 0.387 e. The van der Waals surface area contributed by atoms with Crippen LogP contribution in [0, 0.1) is 0 Å². The maximum atomic E-state index is 12.8. The van der Waals surface area contributed by atoms with Crippen LogP contribution in [0.2, 0.25) is 0 Å². The summed E-state index contributed by atoms with van der Waals surface area (Å²) in [5, 5.41) is 13.8. The minimum absolute atomic E-state index is 0.0544. The highest BCUT2D eigenvalue weighted by atomic mass is 31.2. The van der Waals surface area contributed by atoms with Crippen LogP contribution in [0.4, 0.5) is 0 Å². The Morgan fingerprint density at radius 1 is 0.623 bits per heavy atom. The lowest BCUT2D eigenvalue weighted by Gasteiger charge is -2.25. The molecule has 0 heterocycles. The Hall–Kier alpha value is -1.28. The number of quaternary nitrogens is 1. The Morgan fingerprint density at radius 2 is 1.04 bits per heavy atom. The molecule has 0 saturated heterocycles. The number of aliphatic hydroxyl groups is 1. The SMILES string of the molecule is CCCCCCCCC/C=C/CC/C=C/C(O)C(COP(=O)(O)OCC[N+](C)(C)C)NC(=O)CCCCCCC/C=C\CCCCCCCCCCC. The Kier molecular flexibility index (Phi) is 35.5. The van der Waals surface area contributed by atoms with E-state index in [0.717, 1.165) is 51.4 Å². The molecule has 312 valence electrons. The van der Waals surface area contributed by atoms with Crippen molar-refractivity contribution in [1.82, 2.24) is 5.32 Å². The van der Waals surface area contributed by atoms with Gasteiger partial charge in [-0.2, -0.15) is 0 Å². The fraction of sp³-hybridized carbons (Fsp3) is 0.841. The van der Waals surface area contributed by atoms with Gasteiger partial charge in [0.1, 0.15) is 13.2 Å². The lowest BCUT2D eigenvalue weighted by atomic mass is 10.1. The molecule has 0 bridgehead atoms. The molecule has 0 aromatic rings. The van der Waals surface area contributed by atoms with Gasteiger partial charge in [-0.15, -0.1) is 0 Å². The van der Waals surface area contributed by atoms with E-state index in [2.05, 4.69) is 43.5 Å². The highest BCUT2D eigenvalue weighted by molar-refractivity contribution is 7.47. The maximum Gasteiger partial charge on any atom is 0.472 e. The van der Waals surface area contributed by atoms with E-state index in [0.29, 0.717) is 17.4 Å². The predicted octanol–water partition coefficient (Wildman–Crippen LogP) is 11.9. The zero-order valence-corrected chi connectivity index (χ0v) is 36.1. The molecule has 0 aromatic carbocycles. The molecule has 3 N–H and O–H groups in total. The first-order valence-corrected chi connectivity index (χ1v) is 23.4. The number of phosphoric ester groups is 1. The Balaban J connectivity index is 4.46. The van der Waals surface area contributed by atoms with Crippen molar-refractivity contribution in [2.24, 2.45) is 0 Å². The van der Waals surface area contributed by atoms with Crippen molar-refractivity contribution in [3.05, 3.63) is 36.5 Å². The average Bonchev–Trinajstić information content (AvgIpc) is 3.10. The summed E-state index contributed by atoms with van der Waals surface area (Å²) < 4.78 is 23.5. The highest BCUT2D eigenvalue weighted by Crippen LogP contribution is 2.43. The third-order valence-electron chi connectivity index (χ3n) is 9.58. The number of likely N-dealkylation sites (N-methyl/N-ethyl adjacent to an activating group) is 1. The number of amides is 1. The number of nitrogens with zero attached hydrogens (tertiary/aromatic N) is 1. The number of phosphoric acid groups is 1. The molecule has 8 nitrogen and oxygen atoms in total. The van der Waals surface area contributed by atoms with Gasteiger partial charge in [-0.25, -0.2) is 4.57 Å². The summed E-state index contributed by atoms with van der Waals surface area (Å²) in [6.45, 7) is 4.77. The van der Waals surface area contributed by atoms with Crippen LogP contribution in [0.5, 0.6) is 0 Å². The van der Waals surface area contributed by atoms with Crippen molar-refractivity contribution in [3.63, 3.8) is 0 Å². The highest BCUT2D eigenvalue weighted by Gasteiger charge is 2.27. The van der Waals surface area contributed by atoms with E-state index in [1.54, 1.807) is 6.08 Å². The molecule has 0 fully saturated rings. The van der Waals surface area contributed by atoms with E-state index in [1.165, 1.54) is 116 Å². The molecule has 9 heteroatoms. The van der Waals surface area contributed by atoms with Crippen LogP contribution in [0.15, 0.2) is 36.5 Å². The molecule has 53 heavy (non-hydrogen) atoms. The van der Waals surface area contributed by atoms with Gasteiger partial charge in [0.05, 0.1) is 39.9 Å². The van der Waals surface area contributed by atoms with Crippen LogP contribution in [-0.2, 0) is 18.4 Å². The van der Waals surface area contributed by atoms with Crippen LogP contribution in [0.1, 0.15) is 187 Å². The fourth-order valence-corrected chi connectivity index (χ4v) is 6.79. The summed E-state index contributed by atoms with van der Waals surface area (Å²) in [6.07, 6.45) is 43.6. The number of unbranched alkanes of at least 4 members (excludes halogenated alkanes) is 22. The first-order valence-electron chi connectivity index (χ1n) is 21.9. The summed E-state index contributed by atoms with van der Waals surface area (Å²) in [6, 6.07) is -0.864. The maximum absolute atomic E-state index is 12.8. The summed E-state index contributed by atoms with van der Waals surface area (Å²) in [5.41, 5.74) is 0. The van der Waals surface area contributed by atoms with Gasteiger partial charge in [0, 0.05) is 6.42 Å². The van der Waals surface area contributed by atoms with Crippen LogP contribution in [0.25, 0.3) is 0 Å². The summed E-state index contributed by atoms with van der Waals surface area (Å²) >= 11 is 0. The third-order valence-corrected chi connectivity index (χ3v) is 10.6. The van der Waals surface area contributed by atoms with Gasteiger partial charge in [-0.05, 0) is 57.8 Å². The Labute approximate surface area is 327 Å². The minimum atomic E-state index is -4.34. The molecule has 0 saturated carbocycles. The number of nitrogens with one attached hydrogen (secondary N) is 1. The topological polar surface area (TPSA) is 105 Å². The van der Waals surface area contributed by atoms with Crippen LogP contribution >= 0.6 is 7.82 Å². The van der Waals surface area contributed by atoms with Gasteiger partial charge < -0.3 is 19.8 Å². The zero-order chi connectivity index (χ0) is 39.3. The quantitative estimate of drug-likeness (QED) is 0.0249. The van der Waals surface area contributed by atoms with Gasteiger partial charge in [0.15, 0.2) is 0 Å². The van der Waals surface area contributed by atoms with Crippen LogP contribution in [0.3, 0.4) is 0 Å². The second-order valence-electron chi connectivity index (χ2n) is 16.1. The van der Waals surface area contributed by atoms with Gasteiger partial charge in [0.2, 0.25) is 5.91 Å². The number of hydrogen-bond donors (Lipinski definition) is 3. The second-order valence-corrected chi connectivity index (χ2v) is 17.5. The van der Waals surface area contributed by atoms with E-state index in [9.17, 15) is 19.4 Å². The van der Waals surface area contributed by atoms with Crippen molar-refractivity contribution in [2.45, 2.75) is 199 Å². The summed E-state index contributed by atoms with van der Waals surface area (Å²) in [5.74, 6) is -0.197. The monoisotopic (exact) mass is 770 g/mol. The number of allylic oxidation sites excluding steroid dienone is 5. The molecule has 1 amide bonds. The average molecular weight is 770 g/mol. The van der Waals surface area contributed by atoms with Crippen molar-refractivity contribution in [1.29, 1.82) is 0 Å². The molecular weight excluding hydrogens is 683 g/mol. The van der Waals surface area contributed by atoms with Crippen molar-refractivity contribution in [2.75, 3.05) is 40.9 Å². The van der Waals surface area contributed by atoms with E-state index in [-0.39, 0.29) is 19.1 Å². The number of carbonyl (C=O) groups excluding carboxylic acids is 1. The standard InChI is InChI=1S/C44H85N2O6P/c1-6-8-10-12-14-16-18-20-21-22-23-24-26-28-30-32-34-36-38-44(48)45-42(41-52-53(49,50)51-40-39-46(3,4)5)43(47)37-35-33-31-29-27-25-19-17-15-13-11-9-7-2/h23-24,27,29,35,37,42-43,47H,6-22,25-26,28,30-34,36,38-41H2,1-5H3,(H-,45,48,49,50)/p+1/b24-23-,29-27+,37-35+. The van der Waals surface area contributed by atoms with E-state index in [1.807, 2.05) is 27.2 Å². The van der Waals surface area contributed by atoms with Crippen molar-refractivity contribution >= 4 is 13.7 Å². The molecule has 0 aliphatic rings. The Morgan fingerprint density at radius 3 is 1.51 bits per heavy atom. The van der Waals surface area contributed by atoms with Crippen LogP contribution < -0.4 is 5.32 Å². The Bertz CT molecular complexity index is 964. The molecule has 0 spiro atoms. The molecule has 0 aromatic heterocycles. The second kappa shape index (κ2) is 36.4. The minimum Gasteiger partial charge on any atom is -0.387 e. The molecule has 0 aliphatic heterocycles. The lowest BCUT2D eigenvalue weighted by Crippen LogP contribution is -2.45. The predicted molar refractivity (Wildman–Crippen MR) is 226 cm³/mol. The number of rotatable bonds is 39. The van der Waals surface area contributed by atoms with Gasteiger partial charge >= 0.3 is 7.82 Å². The largest absolute Gasteiger partial charge is 0.472 e. The van der Waals surface area contributed by atoms with Gasteiger partial charge in [0.25, 0.3) is 0 Å². The molecular formula is C44H86N2O6P+. The first kappa shape index (κ1) is 51.7. The van der Waals surface area contributed by atoms with Crippen molar-refractivity contribution in [3.8, 4) is 0 Å². The van der Waals surface area contributed by atoms with Crippen LogP contribution in [-0.4, -0.2) is 73.4 Å². The normalized spacial score (nSPS) is 14.8. The molecule has 3 atom stereocenters. The first-order chi connectivity index (χ1) is 25.5. The molecule has 0 rings (SSSR count). The molecule has 0 aliphatic carbocycles. The molecule has 3 unspecified atom stereocenters. The third kappa shape index (κ3) is 38.8.